The number of hydrogen-bond acceptors (Lipinski definition) is 6. The molecule has 0 radical (unpaired) electrons. The number of nitrogens with one attached hydrogen (secondary N) is 1. The lowest BCUT2D eigenvalue weighted by molar-refractivity contribution is 0.0696. The molecule has 0 aliphatic heterocycles. The predicted molar refractivity (Wildman–Crippen MR) is 118 cm³/mol. The lowest BCUT2D eigenvalue weighted by Crippen LogP contribution is -2.28. The SMILES string of the molecule is CCn1nc(-c2ccccc2SC)c(C(C)=O)c(Nc2ccc(C(=O)O)cc2)c1=O. The summed E-state index contributed by atoms with van der Waals surface area (Å²) in [4.78, 5) is 37.7. The topological polar surface area (TPSA) is 101 Å². The molecular weight excluding hydrogens is 402 g/mol. The van der Waals surface area contributed by atoms with Gasteiger partial charge in [-0.2, -0.15) is 5.10 Å². The van der Waals surface area contributed by atoms with Crippen LogP contribution in [0.5, 0.6) is 0 Å². The molecule has 1 heterocycles. The highest BCUT2D eigenvalue weighted by atomic mass is 32.2. The van der Waals surface area contributed by atoms with Gasteiger partial charge in [0.25, 0.3) is 5.56 Å². The van der Waals surface area contributed by atoms with Crippen molar-refractivity contribution in [1.82, 2.24) is 9.78 Å². The number of benzene rings is 2. The van der Waals surface area contributed by atoms with Gasteiger partial charge >= 0.3 is 5.97 Å². The van der Waals surface area contributed by atoms with Crippen molar-refractivity contribution in [2.75, 3.05) is 11.6 Å². The number of nitrogens with zero attached hydrogens (tertiary/aromatic N) is 2. The van der Waals surface area contributed by atoms with Gasteiger partial charge in [0.15, 0.2) is 5.78 Å². The second-order valence-electron chi connectivity index (χ2n) is 6.48. The average molecular weight is 423 g/mol. The van der Waals surface area contributed by atoms with Crippen molar-refractivity contribution in [2.24, 2.45) is 0 Å². The summed E-state index contributed by atoms with van der Waals surface area (Å²) in [5.74, 6) is -1.34. The van der Waals surface area contributed by atoms with E-state index in [1.54, 1.807) is 19.1 Å². The maximum atomic E-state index is 13.0. The van der Waals surface area contributed by atoms with Gasteiger partial charge in [-0.1, -0.05) is 18.2 Å². The van der Waals surface area contributed by atoms with Gasteiger partial charge in [0.2, 0.25) is 0 Å². The number of carboxylic acid groups (broad SMARTS) is 1. The molecule has 0 saturated heterocycles. The number of carbonyl (C=O) groups is 2. The zero-order valence-corrected chi connectivity index (χ0v) is 17.6. The lowest BCUT2D eigenvalue weighted by atomic mass is 10.0. The maximum absolute atomic E-state index is 13.0. The summed E-state index contributed by atoms with van der Waals surface area (Å²) < 4.78 is 1.31. The molecule has 2 N–H and O–H groups in total. The van der Waals surface area contributed by atoms with Gasteiger partial charge in [0, 0.05) is 22.7 Å². The van der Waals surface area contributed by atoms with Crippen LogP contribution in [0, 0.1) is 0 Å². The van der Waals surface area contributed by atoms with E-state index in [4.69, 9.17) is 5.11 Å². The summed E-state index contributed by atoms with van der Waals surface area (Å²) in [5, 5.41) is 16.6. The normalized spacial score (nSPS) is 10.6. The maximum Gasteiger partial charge on any atom is 0.335 e. The number of ketones is 1. The third-order valence-electron chi connectivity index (χ3n) is 4.57. The zero-order valence-electron chi connectivity index (χ0n) is 16.8. The molecule has 0 unspecified atom stereocenters. The van der Waals surface area contributed by atoms with E-state index in [1.165, 1.54) is 35.5 Å². The highest BCUT2D eigenvalue weighted by Crippen LogP contribution is 2.33. The Bertz CT molecular complexity index is 1170. The standard InChI is InChI=1S/C22H21N3O4S/c1-4-25-21(27)20(23-15-11-9-14(10-12-15)22(28)29)18(13(2)26)19(24-25)16-7-5-6-8-17(16)30-3/h5-12,23H,4H2,1-3H3,(H,28,29). The van der Waals surface area contributed by atoms with Gasteiger partial charge in [-0.25, -0.2) is 9.48 Å². The Balaban J connectivity index is 2.24. The van der Waals surface area contributed by atoms with E-state index in [0.29, 0.717) is 17.9 Å². The summed E-state index contributed by atoms with van der Waals surface area (Å²) in [6.07, 6.45) is 1.94. The van der Waals surface area contributed by atoms with Gasteiger partial charge in [0.1, 0.15) is 11.4 Å². The molecule has 3 aromatic rings. The minimum absolute atomic E-state index is 0.119. The number of carbonyl (C=O) groups excluding carboxylic acids is 1. The average Bonchev–Trinajstić information content (AvgIpc) is 2.75. The van der Waals surface area contributed by atoms with Crippen LogP contribution in [0.2, 0.25) is 0 Å². The summed E-state index contributed by atoms with van der Waals surface area (Å²) in [5.41, 5.74) is 1.72. The van der Waals surface area contributed by atoms with Crippen LogP contribution in [0.4, 0.5) is 11.4 Å². The lowest BCUT2D eigenvalue weighted by Gasteiger charge is -2.17. The predicted octanol–water partition coefficient (Wildman–Crippen LogP) is 4.30. The monoisotopic (exact) mass is 423 g/mol. The molecule has 30 heavy (non-hydrogen) atoms. The largest absolute Gasteiger partial charge is 0.478 e. The second kappa shape index (κ2) is 8.96. The fourth-order valence-electron chi connectivity index (χ4n) is 3.11. The van der Waals surface area contributed by atoms with Crippen LogP contribution in [0.3, 0.4) is 0 Å². The minimum atomic E-state index is -1.04. The third-order valence-corrected chi connectivity index (χ3v) is 5.37. The molecule has 7 nitrogen and oxygen atoms in total. The molecule has 0 saturated carbocycles. The Morgan fingerprint density at radius 1 is 1.13 bits per heavy atom. The first-order valence-corrected chi connectivity index (χ1v) is 10.5. The van der Waals surface area contributed by atoms with Crippen molar-refractivity contribution in [3.8, 4) is 11.3 Å². The summed E-state index contributed by atoms with van der Waals surface area (Å²) in [6.45, 7) is 3.53. The highest BCUT2D eigenvalue weighted by Gasteiger charge is 2.23. The Labute approximate surface area is 177 Å². The first-order valence-electron chi connectivity index (χ1n) is 9.27. The Morgan fingerprint density at radius 2 is 1.80 bits per heavy atom. The molecule has 0 fully saturated rings. The van der Waals surface area contributed by atoms with E-state index in [9.17, 15) is 14.4 Å². The molecule has 0 bridgehead atoms. The van der Waals surface area contributed by atoms with Crippen molar-refractivity contribution in [1.29, 1.82) is 0 Å². The number of hydrogen-bond donors (Lipinski definition) is 2. The van der Waals surface area contributed by atoms with Gasteiger partial charge in [-0.05, 0) is 50.4 Å². The smallest absolute Gasteiger partial charge is 0.335 e. The van der Waals surface area contributed by atoms with E-state index in [-0.39, 0.29) is 22.6 Å². The number of rotatable bonds is 7. The quantitative estimate of drug-likeness (QED) is 0.432. The van der Waals surface area contributed by atoms with Crippen molar-refractivity contribution in [2.45, 2.75) is 25.3 Å². The molecule has 0 amide bonds. The van der Waals surface area contributed by atoms with Crippen molar-refractivity contribution in [3.05, 3.63) is 70.0 Å². The number of carboxylic acids is 1. The van der Waals surface area contributed by atoms with Gasteiger partial charge in [-0.15, -0.1) is 11.8 Å². The van der Waals surface area contributed by atoms with Gasteiger partial charge in [0.05, 0.1) is 11.1 Å². The first kappa shape index (κ1) is 21.3. The molecule has 0 aliphatic rings. The highest BCUT2D eigenvalue weighted by molar-refractivity contribution is 7.98. The van der Waals surface area contributed by atoms with E-state index in [0.717, 1.165) is 10.5 Å². The Morgan fingerprint density at radius 3 is 2.37 bits per heavy atom. The number of aromatic carboxylic acids is 1. The van der Waals surface area contributed by atoms with Crippen molar-refractivity contribution < 1.29 is 14.7 Å². The van der Waals surface area contributed by atoms with Crippen LogP contribution < -0.4 is 10.9 Å². The molecular formula is C22H21N3O4S. The van der Waals surface area contributed by atoms with E-state index >= 15 is 0 Å². The fraction of sp³-hybridized carbons (Fsp3) is 0.182. The van der Waals surface area contributed by atoms with Gasteiger partial charge < -0.3 is 10.4 Å². The number of aryl methyl sites for hydroxylation is 1. The van der Waals surface area contributed by atoms with E-state index in [2.05, 4.69) is 10.4 Å². The number of aromatic nitrogens is 2. The van der Waals surface area contributed by atoms with Crippen molar-refractivity contribution >= 4 is 34.9 Å². The van der Waals surface area contributed by atoms with Crippen LogP contribution in [-0.2, 0) is 6.54 Å². The third kappa shape index (κ3) is 4.13. The summed E-state index contributed by atoms with van der Waals surface area (Å²) in [7, 11) is 0. The van der Waals surface area contributed by atoms with Gasteiger partial charge in [-0.3, -0.25) is 9.59 Å². The van der Waals surface area contributed by atoms with Crippen LogP contribution in [0.25, 0.3) is 11.3 Å². The van der Waals surface area contributed by atoms with Crippen molar-refractivity contribution in [3.63, 3.8) is 0 Å². The zero-order chi connectivity index (χ0) is 21.8. The van der Waals surface area contributed by atoms with E-state index < -0.39 is 11.5 Å². The molecule has 2 aromatic carbocycles. The Hall–Kier alpha value is -3.39. The van der Waals surface area contributed by atoms with Crippen LogP contribution in [0.1, 0.15) is 34.6 Å². The number of anilines is 2. The molecule has 3 rings (SSSR count). The first-order chi connectivity index (χ1) is 14.4. The summed E-state index contributed by atoms with van der Waals surface area (Å²) >= 11 is 1.53. The van der Waals surface area contributed by atoms with E-state index in [1.807, 2.05) is 30.5 Å². The second-order valence-corrected chi connectivity index (χ2v) is 7.33. The fourth-order valence-corrected chi connectivity index (χ4v) is 3.71. The molecule has 0 spiro atoms. The number of thioether (sulfide) groups is 1. The Kier molecular flexibility index (Phi) is 6.37. The molecule has 0 aliphatic carbocycles. The number of Topliss-reactive ketones (excluding diaryl/α,β-unsaturated/α-hetero) is 1. The molecule has 1 aromatic heterocycles. The van der Waals surface area contributed by atoms with Crippen LogP contribution in [-0.4, -0.2) is 32.9 Å². The minimum Gasteiger partial charge on any atom is -0.478 e. The van der Waals surface area contributed by atoms with Crippen LogP contribution in [0.15, 0.2) is 58.2 Å². The molecule has 8 heteroatoms. The van der Waals surface area contributed by atoms with Crippen LogP contribution >= 0.6 is 11.8 Å². The molecule has 154 valence electrons. The summed E-state index contributed by atoms with van der Waals surface area (Å²) in [6, 6.07) is 13.5. The molecule has 0 atom stereocenters.